The van der Waals surface area contributed by atoms with Crippen molar-refractivity contribution in [1.82, 2.24) is 4.90 Å². The normalized spacial score (nSPS) is 13.8. The molecule has 0 radical (unpaired) electrons. The van der Waals surface area contributed by atoms with Crippen molar-refractivity contribution < 1.29 is 14.0 Å². The third-order valence-electron chi connectivity index (χ3n) is 3.42. The summed E-state index contributed by atoms with van der Waals surface area (Å²) in [6, 6.07) is 12.9. The molecule has 0 unspecified atom stereocenters. The Kier molecular flexibility index (Phi) is 3.06. The molecule has 2 amide bonds. The lowest BCUT2D eigenvalue weighted by Crippen LogP contribution is -2.31. The van der Waals surface area contributed by atoms with Crippen LogP contribution >= 0.6 is 0 Å². The van der Waals surface area contributed by atoms with Crippen LogP contribution in [0.1, 0.15) is 26.3 Å². The lowest BCUT2D eigenvalue weighted by Gasteiger charge is -2.13. The number of carbonyl (C=O) groups excluding carboxylic acids is 2. The standard InChI is InChI=1S/C16H12FNO2/c17-12-7-5-11(6-8-12)9-10-18-15(19)13-3-1-2-4-14(13)16(18)20/h1-8H,9-10H2. The van der Waals surface area contributed by atoms with Gasteiger partial charge in [-0.1, -0.05) is 24.3 Å². The van der Waals surface area contributed by atoms with Crippen molar-refractivity contribution in [2.24, 2.45) is 0 Å². The van der Waals surface area contributed by atoms with E-state index in [9.17, 15) is 14.0 Å². The monoisotopic (exact) mass is 269 g/mol. The minimum Gasteiger partial charge on any atom is -0.274 e. The third-order valence-corrected chi connectivity index (χ3v) is 3.42. The number of hydrogen-bond acceptors (Lipinski definition) is 2. The van der Waals surface area contributed by atoms with Gasteiger partial charge in [0.05, 0.1) is 11.1 Å². The summed E-state index contributed by atoms with van der Waals surface area (Å²) in [5, 5.41) is 0. The van der Waals surface area contributed by atoms with Crippen molar-refractivity contribution in [3.63, 3.8) is 0 Å². The first-order valence-corrected chi connectivity index (χ1v) is 6.36. The van der Waals surface area contributed by atoms with Gasteiger partial charge in [0.15, 0.2) is 0 Å². The van der Waals surface area contributed by atoms with Crippen molar-refractivity contribution in [2.45, 2.75) is 6.42 Å². The van der Waals surface area contributed by atoms with Crippen LogP contribution in [0.25, 0.3) is 0 Å². The number of rotatable bonds is 3. The van der Waals surface area contributed by atoms with Crippen LogP contribution in [-0.2, 0) is 6.42 Å². The Morgan fingerprint density at radius 3 is 1.95 bits per heavy atom. The predicted octanol–water partition coefficient (Wildman–Crippen LogP) is 2.66. The number of nitrogens with zero attached hydrogens (tertiary/aromatic N) is 1. The molecular formula is C16H12FNO2. The Balaban J connectivity index is 1.75. The van der Waals surface area contributed by atoms with E-state index in [0.29, 0.717) is 24.1 Å². The number of hydrogen-bond donors (Lipinski definition) is 0. The molecule has 0 N–H and O–H groups in total. The van der Waals surface area contributed by atoms with Gasteiger partial charge in [0.1, 0.15) is 5.82 Å². The van der Waals surface area contributed by atoms with E-state index in [1.54, 1.807) is 36.4 Å². The maximum absolute atomic E-state index is 12.8. The highest BCUT2D eigenvalue weighted by molar-refractivity contribution is 6.21. The van der Waals surface area contributed by atoms with Crippen molar-refractivity contribution in [3.8, 4) is 0 Å². The Morgan fingerprint density at radius 1 is 0.850 bits per heavy atom. The topological polar surface area (TPSA) is 37.4 Å². The number of fused-ring (bicyclic) bond motifs is 1. The molecular weight excluding hydrogens is 257 g/mol. The van der Waals surface area contributed by atoms with Crippen LogP contribution in [0.15, 0.2) is 48.5 Å². The molecule has 2 aromatic rings. The van der Waals surface area contributed by atoms with Crippen LogP contribution in [0.2, 0.25) is 0 Å². The van der Waals surface area contributed by atoms with Gasteiger partial charge in [-0.3, -0.25) is 14.5 Å². The first-order valence-electron chi connectivity index (χ1n) is 6.36. The summed E-state index contributed by atoms with van der Waals surface area (Å²) in [4.78, 5) is 25.5. The van der Waals surface area contributed by atoms with E-state index in [4.69, 9.17) is 0 Å². The van der Waals surface area contributed by atoms with E-state index in [-0.39, 0.29) is 17.6 Å². The molecule has 2 aromatic carbocycles. The van der Waals surface area contributed by atoms with E-state index in [2.05, 4.69) is 0 Å². The van der Waals surface area contributed by atoms with Crippen LogP contribution in [0.4, 0.5) is 4.39 Å². The maximum atomic E-state index is 12.8. The highest BCUT2D eigenvalue weighted by atomic mass is 19.1. The Hall–Kier alpha value is -2.49. The molecule has 0 atom stereocenters. The lowest BCUT2D eigenvalue weighted by atomic mass is 10.1. The van der Waals surface area contributed by atoms with Crippen LogP contribution in [-0.4, -0.2) is 23.3 Å². The quantitative estimate of drug-likeness (QED) is 0.803. The number of amides is 2. The van der Waals surface area contributed by atoms with Gasteiger partial charge in [0.2, 0.25) is 0 Å². The number of benzene rings is 2. The third kappa shape index (κ3) is 2.09. The Morgan fingerprint density at radius 2 is 1.40 bits per heavy atom. The van der Waals surface area contributed by atoms with Gasteiger partial charge in [0.25, 0.3) is 11.8 Å². The first-order chi connectivity index (χ1) is 9.66. The van der Waals surface area contributed by atoms with Crippen molar-refractivity contribution in [1.29, 1.82) is 0 Å². The molecule has 100 valence electrons. The number of imide groups is 1. The average Bonchev–Trinajstić information content (AvgIpc) is 2.71. The van der Waals surface area contributed by atoms with Crippen molar-refractivity contribution >= 4 is 11.8 Å². The Bertz CT molecular complexity index is 644. The summed E-state index contributed by atoms with van der Waals surface area (Å²) in [5.41, 5.74) is 1.80. The van der Waals surface area contributed by atoms with Gasteiger partial charge in [-0.25, -0.2) is 4.39 Å². The molecule has 3 nitrogen and oxygen atoms in total. The van der Waals surface area contributed by atoms with Gasteiger partial charge in [-0.2, -0.15) is 0 Å². The summed E-state index contributed by atoms with van der Waals surface area (Å²) in [6.45, 7) is 0.304. The zero-order chi connectivity index (χ0) is 14.1. The molecule has 0 saturated heterocycles. The SMILES string of the molecule is O=C1c2ccccc2C(=O)N1CCc1ccc(F)cc1. The maximum Gasteiger partial charge on any atom is 0.261 e. The fourth-order valence-corrected chi connectivity index (χ4v) is 2.33. The summed E-state index contributed by atoms with van der Waals surface area (Å²) in [5.74, 6) is -0.810. The van der Waals surface area contributed by atoms with Gasteiger partial charge in [-0.05, 0) is 36.2 Å². The molecule has 20 heavy (non-hydrogen) atoms. The van der Waals surface area contributed by atoms with Gasteiger partial charge in [-0.15, -0.1) is 0 Å². The molecule has 3 rings (SSSR count). The molecule has 1 aliphatic heterocycles. The van der Waals surface area contributed by atoms with Gasteiger partial charge >= 0.3 is 0 Å². The molecule has 1 aliphatic rings. The highest BCUT2D eigenvalue weighted by Crippen LogP contribution is 2.22. The first kappa shape index (κ1) is 12.5. The fourth-order valence-electron chi connectivity index (χ4n) is 2.33. The molecule has 4 heteroatoms. The largest absolute Gasteiger partial charge is 0.274 e. The zero-order valence-corrected chi connectivity index (χ0v) is 10.7. The fraction of sp³-hybridized carbons (Fsp3) is 0.125. The van der Waals surface area contributed by atoms with E-state index >= 15 is 0 Å². The molecule has 1 heterocycles. The van der Waals surface area contributed by atoms with Crippen molar-refractivity contribution in [2.75, 3.05) is 6.54 Å². The summed E-state index contributed by atoms with van der Waals surface area (Å²) >= 11 is 0. The second kappa shape index (κ2) is 4.89. The van der Waals surface area contributed by atoms with E-state index < -0.39 is 0 Å². The molecule has 0 saturated carbocycles. The molecule has 0 aromatic heterocycles. The lowest BCUT2D eigenvalue weighted by molar-refractivity contribution is 0.0656. The zero-order valence-electron chi connectivity index (χ0n) is 10.7. The predicted molar refractivity (Wildman–Crippen MR) is 71.9 cm³/mol. The summed E-state index contributed by atoms with van der Waals surface area (Å²) in [7, 11) is 0. The molecule has 0 spiro atoms. The van der Waals surface area contributed by atoms with Crippen LogP contribution in [0.5, 0.6) is 0 Å². The Labute approximate surface area is 115 Å². The number of halogens is 1. The highest BCUT2D eigenvalue weighted by Gasteiger charge is 2.34. The van der Waals surface area contributed by atoms with Gasteiger partial charge in [0, 0.05) is 6.54 Å². The molecule has 0 fully saturated rings. The van der Waals surface area contributed by atoms with Crippen LogP contribution in [0.3, 0.4) is 0 Å². The molecule has 0 bridgehead atoms. The average molecular weight is 269 g/mol. The molecule has 0 aliphatic carbocycles. The van der Waals surface area contributed by atoms with E-state index in [1.807, 2.05) is 0 Å². The van der Waals surface area contributed by atoms with Gasteiger partial charge < -0.3 is 0 Å². The minimum absolute atomic E-state index is 0.257. The van der Waals surface area contributed by atoms with E-state index in [0.717, 1.165) is 5.56 Å². The van der Waals surface area contributed by atoms with Crippen LogP contribution < -0.4 is 0 Å². The van der Waals surface area contributed by atoms with Crippen LogP contribution in [0, 0.1) is 5.82 Å². The minimum atomic E-state index is -0.297. The second-order valence-electron chi connectivity index (χ2n) is 4.68. The smallest absolute Gasteiger partial charge is 0.261 e. The summed E-state index contributed by atoms with van der Waals surface area (Å²) < 4.78 is 12.8. The van der Waals surface area contributed by atoms with Crippen molar-refractivity contribution in [3.05, 3.63) is 71.0 Å². The number of carbonyl (C=O) groups is 2. The summed E-state index contributed by atoms with van der Waals surface area (Å²) in [6.07, 6.45) is 0.520. The van der Waals surface area contributed by atoms with E-state index in [1.165, 1.54) is 17.0 Å². The second-order valence-corrected chi connectivity index (χ2v) is 4.68.